The minimum absolute atomic E-state index is 0.403. The number of aryl methyl sites for hydroxylation is 3. The van der Waals surface area contributed by atoms with Gasteiger partial charge in [-0.3, -0.25) is 0 Å². The van der Waals surface area contributed by atoms with Crippen LogP contribution >= 0.6 is 0 Å². The van der Waals surface area contributed by atoms with Gasteiger partial charge in [-0.2, -0.15) is 0 Å². The molecular weight excluding hydrogens is 352 g/mol. The number of hydrogen-bond donors (Lipinski definition) is 2. The Morgan fingerprint density at radius 1 is 0.724 bits per heavy atom. The molecule has 0 aliphatic carbocycles. The molecule has 0 aromatic heterocycles. The predicted octanol–water partition coefficient (Wildman–Crippen LogP) is 7.37. The van der Waals surface area contributed by atoms with E-state index in [2.05, 4.69) is 65.8 Å². The average Bonchev–Trinajstić information content (AvgIpc) is 2.74. The molecule has 0 heterocycles. The molecule has 2 aromatic rings. The first-order chi connectivity index (χ1) is 13.9. The van der Waals surface area contributed by atoms with Crippen LogP contribution in [0.5, 0.6) is 0 Å². The summed E-state index contributed by atoms with van der Waals surface area (Å²) in [4.78, 5) is 0. The maximum Gasteiger partial charge on any atom is 0.0381 e. The van der Waals surface area contributed by atoms with Crippen molar-refractivity contribution in [1.29, 1.82) is 0 Å². The Morgan fingerprint density at radius 2 is 1.21 bits per heavy atom. The van der Waals surface area contributed by atoms with Crippen LogP contribution in [0.2, 0.25) is 0 Å². The Morgan fingerprint density at radius 3 is 1.66 bits per heavy atom. The second-order valence-corrected chi connectivity index (χ2v) is 8.50. The molecule has 2 atom stereocenters. The van der Waals surface area contributed by atoms with Gasteiger partial charge >= 0.3 is 0 Å². The Bertz CT molecular complexity index is 781. The molecule has 2 aromatic carbocycles. The van der Waals surface area contributed by atoms with Crippen LogP contribution in [-0.4, -0.2) is 0 Å². The predicted molar refractivity (Wildman–Crippen MR) is 130 cm³/mol. The zero-order chi connectivity index (χ0) is 21.6. The topological polar surface area (TPSA) is 52.0 Å². The van der Waals surface area contributed by atoms with Crippen LogP contribution in [0, 0.1) is 0 Å². The van der Waals surface area contributed by atoms with Gasteiger partial charge in [0.15, 0.2) is 0 Å². The van der Waals surface area contributed by atoms with E-state index >= 15 is 0 Å². The number of anilines is 2. The van der Waals surface area contributed by atoms with Crippen molar-refractivity contribution in [3.05, 3.63) is 57.6 Å². The Hall–Kier alpha value is -1.96. The number of rotatable bonds is 10. The van der Waals surface area contributed by atoms with E-state index in [0.29, 0.717) is 11.8 Å². The summed E-state index contributed by atoms with van der Waals surface area (Å²) in [6.45, 7) is 13.4. The molecule has 0 spiro atoms. The molecule has 0 aliphatic heterocycles. The van der Waals surface area contributed by atoms with Crippen molar-refractivity contribution in [3.8, 4) is 0 Å². The van der Waals surface area contributed by atoms with Gasteiger partial charge in [0.1, 0.15) is 0 Å². The molecule has 0 saturated heterocycles. The van der Waals surface area contributed by atoms with Crippen molar-refractivity contribution in [2.24, 2.45) is 0 Å². The van der Waals surface area contributed by atoms with Gasteiger partial charge in [-0.05, 0) is 71.4 Å². The van der Waals surface area contributed by atoms with Crippen molar-refractivity contribution in [3.63, 3.8) is 0 Å². The largest absolute Gasteiger partial charge is 0.398 e. The molecule has 2 heteroatoms. The molecule has 160 valence electrons. The highest BCUT2D eigenvalue weighted by atomic mass is 14.6. The van der Waals surface area contributed by atoms with E-state index < -0.39 is 0 Å². The third kappa shape index (κ3) is 5.15. The van der Waals surface area contributed by atoms with Crippen LogP contribution in [0.3, 0.4) is 0 Å². The first kappa shape index (κ1) is 23.3. The molecule has 0 aliphatic rings. The normalized spacial score (nSPS) is 13.4. The molecule has 2 nitrogen and oxygen atoms in total. The third-order valence-corrected chi connectivity index (χ3v) is 6.63. The molecule has 0 fully saturated rings. The first-order valence-corrected chi connectivity index (χ1v) is 11.7. The Labute approximate surface area is 179 Å². The summed E-state index contributed by atoms with van der Waals surface area (Å²) >= 11 is 0. The Kier molecular flexibility index (Phi) is 8.61. The molecule has 4 N–H and O–H groups in total. The van der Waals surface area contributed by atoms with Crippen LogP contribution < -0.4 is 11.5 Å². The summed E-state index contributed by atoms with van der Waals surface area (Å²) in [6.07, 6.45) is 7.65. The number of hydrogen-bond acceptors (Lipinski definition) is 2. The summed E-state index contributed by atoms with van der Waals surface area (Å²) in [7, 11) is 0. The standard InChI is InChI=1S/C27H42N2/c1-7-12-13-24(22-14-19(9-3)26(28)20(10-4)15-22)23-16-21(11-5)27(29)25(17-23)18(6)8-2/h14-18,24H,7-13,28-29H2,1-6H3. The van der Waals surface area contributed by atoms with E-state index in [9.17, 15) is 0 Å². The van der Waals surface area contributed by atoms with Crippen LogP contribution in [-0.2, 0) is 19.3 Å². The van der Waals surface area contributed by atoms with E-state index in [-0.39, 0.29) is 0 Å². The zero-order valence-corrected chi connectivity index (χ0v) is 19.6. The van der Waals surface area contributed by atoms with Gasteiger partial charge in [0.05, 0.1) is 0 Å². The second-order valence-electron chi connectivity index (χ2n) is 8.50. The first-order valence-electron chi connectivity index (χ1n) is 11.7. The maximum atomic E-state index is 6.57. The molecule has 0 saturated carbocycles. The summed E-state index contributed by atoms with van der Waals surface area (Å²) in [5.74, 6) is 0.885. The van der Waals surface area contributed by atoms with Crippen LogP contribution in [0.25, 0.3) is 0 Å². The van der Waals surface area contributed by atoms with Crippen molar-refractivity contribution in [2.75, 3.05) is 11.5 Å². The highest BCUT2D eigenvalue weighted by Crippen LogP contribution is 2.38. The van der Waals surface area contributed by atoms with E-state index in [1.807, 2.05) is 0 Å². The van der Waals surface area contributed by atoms with Gasteiger partial charge in [-0.15, -0.1) is 0 Å². The third-order valence-electron chi connectivity index (χ3n) is 6.63. The summed E-state index contributed by atoms with van der Waals surface area (Å²) in [5, 5.41) is 0. The molecule has 0 bridgehead atoms. The monoisotopic (exact) mass is 394 g/mol. The van der Waals surface area contributed by atoms with Crippen LogP contribution in [0.1, 0.15) is 112 Å². The number of unbranched alkanes of at least 4 members (excludes halogenated alkanes) is 1. The van der Waals surface area contributed by atoms with Gasteiger partial charge in [0, 0.05) is 17.3 Å². The molecule has 2 unspecified atom stereocenters. The minimum Gasteiger partial charge on any atom is -0.398 e. The smallest absolute Gasteiger partial charge is 0.0381 e. The lowest BCUT2D eigenvalue weighted by Gasteiger charge is -2.25. The van der Waals surface area contributed by atoms with E-state index in [1.165, 1.54) is 52.6 Å². The molecule has 2 rings (SSSR count). The van der Waals surface area contributed by atoms with Gasteiger partial charge in [-0.1, -0.05) is 78.6 Å². The summed E-state index contributed by atoms with van der Waals surface area (Å²) in [5.41, 5.74) is 23.0. The zero-order valence-electron chi connectivity index (χ0n) is 19.6. The maximum absolute atomic E-state index is 6.57. The van der Waals surface area contributed by atoms with Crippen LogP contribution in [0.15, 0.2) is 24.3 Å². The van der Waals surface area contributed by atoms with Crippen molar-refractivity contribution in [2.45, 2.75) is 98.3 Å². The van der Waals surface area contributed by atoms with Gasteiger partial charge < -0.3 is 11.5 Å². The quantitative estimate of drug-likeness (QED) is 0.413. The summed E-state index contributed by atoms with van der Waals surface area (Å²) < 4.78 is 0. The summed E-state index contributed by atoms with van der Waals surface area (Å²) in [6, 6.07) is 9.49. The minimum atomic E-state index is 0.403. The van der Waals surface area contributed by atoms with Gasteiger partial charge in [0.25, 0.3) is 0 Å². The SMILES string of the molecule is CCCCC(c1cc(CC)c(N)c(CC)c1)c1cc(CC)c(N)c(C(C)CC)c1. The molecule has 0 radical (unpaired) electrons. The van der Waals surface area contributed by atoms with E-state index in [4.69, 9.17) is 11.5 Å². The van der Waals surface area contributed by atoms with Crippen molar-refractivity contribution in [1.82, 2.24) is 0 Å². The highest BCUT2D eigenvalue weighted by molar-refractivity contribution is 5.60. The lowest BCUT2D eigenvalue weighted by molar-refractivity contribution is 0.646. The molecular formula is C27H42N2. The van der Waals surface area contributed by atoms with Crippen LogP contribution in [0.4, 0.5) is 11.4 Å². The lowest BCUT2D eigenvalue weighted by Crippen LogP contribution is -2.10. The molecule has 0 amide bonds. The fraction of sp³-hybridized carbons (Fsp3) is 0.556. The number of nitrogens with two attached hydrogens (primary N) is 2. The fourth-order valence-corrected chi connectivity index (χ4v) is 4.41. The average molecular weight is 395 g/mol. The highest BCUT2D eigenvalue weighted by Gasteiger charge is 2.20. The van der Waals surface area contributed by atoms with Crippen molar-refractivity contribution >= 4 is 11.4 Å². The number of nitrogen functional groups attached to an aromatic ring is 2. The molecule has 29 heavy (non-hydrogen) atoms. The van der Waals surface area contributed by atoms with E-state index in [0.717, 1.165) is 37.1 Å². The van der Waals surface area contributed by atoms with E-state index in [1.54, 1.807) is 0 Å². The number of benzene rings is 2. The van der Waals surface area contributed by atoms with Gasteiger partial charge in [0.2, 0.25) is 0 Å². The van der Waals surface area contributed by atoms with Crippen molar-refractivity contribution < 1.29 is 0 Å². The van der Waals surface area contributed by atoms with Gasteiger partial charge in [-0.25, -0.2) is 0 Å². The Balaban J connectivity index is 2.67. The fourth-order valence-electron chi connectivity index (χ4n) is 4.41. The lowest BCUT2D eigenvalue weighted by atomic mass is 9.81. The second kappa shape index (κ2) is 10.7.